The van der Waals surface area contributed by atoms with Crippen LogP contribution in [0.25, 0.3) is 0 Å². The van der Waals surface area contributed by atoms with E-state index in [1.807, 2.05) is 34.6 Å². The van der Waals surface area contributed by atoms with Gasteiger partial charge in [-0.1, -0.05) is 48.0 Å². The first-order valence-electron chi connectivity index (χ1n) is 11.8. The molecule has 0 aliphatic rings. The fourth-order valence-electron chi connectivity index (χ4n) is 3.30. The summed E-state index contributed by atoms with van der Waals surface area (Å²) in [6.07, 6.45) is 0.715. The van der Waals surface area contributed by atoms with Crippen molar-refractivity contribution in [3.63, 3.8) is 0 Å². The van der Waals surface area contributed by atoms with Crippen LogP contribution >= 0.6 is 0 Å². The number of carboxylic acids is 2. The Balaban J connectivity index is 5.52. The summed E-state index contributed by atoms with van der Waals surface area (Å²) in [5, 5.41) is 26.0. The van der Waals surface area contributed by atoms with E-state index in [0.717, 1.165) is 0 Å². The molecule has 196 valence electrons. The molecule has 34 heavy (non-hydrogen) atoms. The highest BCUT2D eigenvalue weighted by atomic mass is 16.4. The van der Waals surface area contributed by atoms with Crippen molar-refractivity contribution in [1.82, 2.24) is 16.0 Å². The van der Waals surface area contributed by atoms with Gasteiger partial charge in [-0.05, 0) is 37.0 Å². The van der Waals surface area contributed by atoms with E-state index in [0.29, 0.717) is 6.42 Å². The van der Waals surface area contributed by atoms with Crippen molar-refractivity contribution in [2.45, 2.75) is 97.8 Å². The summed E-state index contributed by atoms with van der Waals surface area (Å²) in [6, 6.07) is -4.18. The largest absolute Gasteiger partial charge is 0.481 e. The van der Waals surface area contributed by atoms with Gasteiger partial charge >= 0.3 is 11.9 Å². The monoisotopic (exact) mass is 486 g/mol. The van der Waals surface area contributed by atoms with Gasteiger partial charge < -0.3 is 31.9 Å². The van der Waals surface area contributed by atoms with Crippen LogP contribution in [0.4, 0.5) is 0 Å². The SMILES string of the molecule is CCC(C)C(NC(=O)C(CC(C)C)NC(=O)C(CC(C)C)NC(=O)C(N)CCC(=O)O)C(=O)O. The highest BCUT2D eigenvalue weighted by Gasteiger charge is 2.32. The number of aliphatic carboxylic acids is 2. The Morgan fingerprint density at radius 1 is 0.765 bits per heavy atom. The first-order valence-corrected chi connectivity index (χ1v) is 11.8. The molecular formula is C23H42N4O7. The fraction of sp³-hybridized carbons (Fsp3) is 0.783. The minimum absolute atomic E-state index is 0.0189. The maximum Gasteiger partial charge on any atom is 0.326 e. The highest BCUT2D eigenvalue weighted by Crippen LogP contribution is 2.12. The lowest BCUT2D eigenvalue weighted by atomic mass is 9.97. The van der Waals surface area contributed by atoms with Gasteiger partial charge in [0.05, 0.1) is 6.04 Å². The molecule has 0 saturated carbocycles. The molecule has 0 saturated heterocycles. The van der Waals surface area contributed by atoms with Gasteiger partial charge in [0.15, 0.2) is 0 Å². The zero-order valence-corrected chi connectivity index (χ0v) is 21.1. The van der Waals surface area contributed by atoms with E-state index in [2.05, 4.69) is 16.0 Å². The van der Waals surface area contributed by atoms with Gasteiger partial charge in [-0.2, -0.15) is 0 Å². The maximum absolute atomic E-state index is 13.1. The number of hydrogen-bond donors (Lipinski definition) is 6. The molecule has 0 aromatic rings. The van der Waals surface area contributed by atoms with Crippen LogP contribution in [0.5, 0.6) is 0 Å². The molecule has 0 aliphatic heterocycles. The summed E-state index contributed by atoms with van der Waals surface area (Å²) in [7, 11) is 0. The number of nitrogens with one attached hydrogen (secondary N) is 3. The molecule has 0 aliphatic carbocycles. The van der Waals surface area contributed by atoms with Crippen LogP contribution in [-0.2, 0) is 24.0 Å². The van der Waals surface area contributed by atoms with Crippen LogP contribution < -0.4 is 21.7 Å². The number of nitrogens with two attached hydrogens (primary N) is 1. The van der Waals surface area contributed by atoms with Gasteiger partial charge in [-0.15, -0.1) is 0 Å². The molecule has 7 N–H and O–H groups in total. The summed E-state index contributed by atoms with van der Waals surface area (Å²) in [6.45, 7) is 11.0. The average Bonchev–Trinajstić information content (AvgIpc) is 2.72. The van der Waals surface area contributed by atoms with E-state index < -0.39 is 53.8 Å². The third-order valence-electron chi connectivity index (χ3n) is 5.46. The highest BCUT2D eigenvalue weighted by molar-refractivity contribution is 5.94. The average molecular weight is 487 g/mol. The van der Waals surface area contributed by atoms with Crippen LogP contribution in [0, 0.1) is 17.8 Å². The number of hydrogen-bond acceptors (Lipinski definition) is 6. The topological polar surface area (TPSA) is 188 Å². The van der Waals surface area contributed by atoms with Gasteiger partial charge in [-0.3, -0.25) is 19.2 Å². The van der Waals surface area contributed by atoms with Gasteiger partial charge in [0.1, 0.15) is 18.1 Å². The maximum atomic E-state index is 13.1. The molecule has 0 aromatic carbocycles. The minimum Gasteiger partial charge on any atom is -0.481 e. The Hall–Kier alpha value is -2.69. The first-order chi connectivity index (χ1) is 15.7. The van der Waals surface area contributed by atoms with Crippen LogP contribution in [0.2, 0.25) is 0 Å². The van der Waals surface area contributed by atoms with Gasteiger partial charge in [0, 0.05) is 6.42 Å². The van der Waals surface area contributed by atoms with Crippen molar-refractivity contribution < 1.29 is 34.2 Å². The second kappa shape index (κ2) is 15.3. The van der Waals surface area contributed by atoms with Gasteiger partial charge in [0.2, 0.25) is 17.7 Å². The molecule has 0 bridgehead atoms. The Morgan fingerprint density at radius 3 is 1.59 bits per heavy atom. The summed E-state index contributed by atoms with van der Waals surface area (Å²) >= 11 is 0. The zero-order valence-electron chi connectivity index (χ0n) is 21.1. The van der Waals surface area contributed by atoms with E-state index in [4.69, 9.17) is 10.8 Å². The second-order valence-electron chi connectivity index (χ2n) is 9.63. The quantitative estimate of drug-likeness (QED) is 0.185. The van der Waals surface area contributed by atoms with Crippen LogP contribution in [0.1, 0.15) is 73.6 Å². The lowest BCUT2D eigenvalue weighted by Crippen LogP contribution is -2.58. The molecule has 5 atom stereocenters. The summed E-state index contributed by atoms with van der Waals surface area (Å²) in [4.78, 5) is 60.7. The molecule has 0 fully saturated rings. The van der Waals surface area contributed by atoms with Crippen molar-refractivity contribution in [1.29, 1.82) is 0 Å². The van der Waals surface area contributed by atoms with Gasteiger partial charge in [-0.25, -0.2) is 4.79 Å². The van der Waals surface area contributed by atoms with E-state index in [1.165, 1.54) is 0 Å². The summed E-state index contributed by atoms with van der Waals surface area (Å²) in [5.74, 6) is -4.37. The van der Waals surface area contributed by atoms with E-state index >= 15 is 0 Å². The van der Waals surface area contributed by atoms with Crippen molar-refractivity contribution in [2.75, 3.05) is 0 Å². The molecule has 0 rings (SSSR count). The third-order valence-corrected chi connectivity index (χ3v) is 5.46. The predicted molar refractivity (Wildman–Crippen MR) is 127 cm³/mol. The first kappa shape index (κ1) is 31.3. The van der Waals surface area contributed by atoms with Crippen LogP contribution in [0.15, 0.2) is 0 Å². The van der Waals surface area contributed by atoms with Crippen molar-refractivity contribution in [2.24, 2.45) is 23.5 Å². The Labute approximate surface area is 201 Å². The second-order valence-corrected chi connectivity index (χ2v) is 9.63. The minimum atomic E-state index is -1.15. The standard InChI is InChI=1S/C23H42N4O7/c1-7-14(6)19(23(33)34)27-22(32)17(11-13(4)5)26-21(31)16(10-12(2)3)25-20(30)15(24)8-9-18(28)29/h12-17,19H,7-11,24H2,1-6H3,(H,25,30)(H,26,31)(H,27,32)(H,28,29)(H,33,34). The molecule has 3 amide bonds. The predicted octanol–water partition coefficient (Wildman–Crippen LogP) is 0.856. The molecule has 0 heterocycles. The number of rotatable bonds is 16. The lowest BCUT2D eigenvalue weighted by molar-refractivity contribution is -0.144. The van der Waals surface area contributed by atoms with E-state index in [1.54, 1.807) is 6.92 Å². The van der Waals surface area contributed by atoms with E-state index in [9.17, 15) is 29.1 Å². The zero-order chi connectivity index (χ0) is 26.6. The van der Waals surface area contributed by atoms with Crippen molar-refractivity contribution in [3.8, 4) is 0 Å². The molecule has 0 radical (unpaired) electrons. The molecule has 5 unspecified atom stereocenters. The molecule has 11 nitrogen and oxygen atoms in total. The normalized spacial score (nSPS) is 15.7. The fourth-order valence-corrected chi connectivity index (χ4v) is 3.30. The number of carboxylic acid groups (broad SMARTS) is 2. The van der Waals surface area contributed by atoms with Gasteiger partial charge in [0.25, 0.3) is 0 Å². The molecule has 11 heteroatoms. The number of amides is 3. The third kappa shape index (κ3) is 12.0. The van der Waals surface area contributed by atoms with Crippen LogP contribution in [0.3, 0.4) is 0 Å². The molecule has 0 spiro atoms. The Morgan fingerprint density at radius 2 is 1.21 bits per heavy atom. The van der Waals surface area contributed by atoms with Crippen LogP contribution in [-0.4, -0.2) is 64.0 Å². The molecular weight excluding hydrogens is 444 g/mol. The van der Waals surface area contributed by atoms with E-state index in [-0.39, 0.29) is 43.4 Å². The molecule has 0 aromatic heterocycles. The number of carbonyl (C=O) groups excluding carboxylic acids is 3. The summed E-state index contributed by atoms with van der Waals surface area (Å²) in [5.41, 5.74) is 5.76. The smallest absolute Gasteiger partial charge is 0.326 e. The Kier molecular flexibility index (Phi) is 14.1. The van der Waals surface area contributed by atoms with Crippen molar-refractivity contribution >= 4 is 29.7 Å². The number of carbonyl (C=O) groups is 5. The lowest BCUT2D eigenvalue weighted by Gasteiger charge is -2.27. The Bertz CT molecular complexity index is 711. The van der Waals surface area contributed by atoms with Crippen molar-refractivity contribution in [3.05, 3.63) is 0 Å². The summed E-state index contributed by atoms with van der Waals surface area (Å²) < 4.78 is 0.